The Morgan fingerprint density at radius 1 is 1.54 bits per heavy atom. The molecule has 1 fully saturated rings. The van der Waals surface area contributed by atoms with E-state index in [-0.39, 0.29) is 0 Å². The van der Waals surface area contributed by atoms with Gasteiger partial charge in [0.25, 0.3) is 4.80 Å². The zero-order chi connectivity index (χ0) is 9.26. The second-order valence-corrected chi connectivity index (χ2v) is 5.25. The number of halogens is 1. The van der Waals surface area contributed by atoms with Gasteiger partial charge in [0.15, 0.2) is 0 Å². The molecular formula is C9H12BrNOS. The molecule has 0 saturated carbocycles. The lowest BCUT2D eigenvalue weighted by Crippen LogP contribution is -2.03. The summed E-state index contributed by atoms with van der Waals surface area (Å²) in [4.78, 5) is 4.98. The molecule has 1 unspecified atom stereocenters. The van der Waals surface area contributed by atoms with Crippen LogP contribution in [0.25, 0.3) is 0 Å². The van der Waals surface area contributed by atoms with Crippen LogP contribution in [0.1, 0.15) is 36.0 Å². The molecule has 0 bridgehead atoms. The second kappa shape index (κ2) is 4.05. The predicted octanol–water partition coefficient (Wildman–Crippen LogP) is 3.70. The Morgan fingerprint density at radius 3 is 2.92 bits per heavy atom. The van der Waals surface area contributed by atoms with E-state index in [2.05, 4.69) is 20.9 Å². The van der Waals surface area contributed by atoms with Crippen molar-refractivity contribution in [1.82, 2.24) is 4.98 Å². The highest BCUT2D eigenvalue weighted by Gasteiger charge is 2.21. The molecule has 0 amide bonds. The molecule has 0 aromatic carbocycles. The normalized spacial score (nSPS) is 23.4. The smallest absolute Gasteiger partial charge is 0.264 e. The van der Waals surface area contributed by atoms with Crippen LogP contribution in [-0.4, -0.2) is 10.7 Å². The number of hydrogen-bond donors (Lipinski definition) is 0. The highest BCUT2D eigenvalue weighted by atomic mass is 79.9. The van der Waals surface area contributed by atoms with Crippen molar-refractivity contribution in [3.63, 3.8) is 0 Å². The number of hydrogen-bond acceptors (Lipinski definition) is 3. The molecule has 2 heterocycles. The first-order chi connectivity index (χ1) is 6.27. The van der Waals surface area contributed by atoms with E-state index in [0.29, 0.717) is 10.0 Å². The van der Waals surface area contributed by atoms with Crippen LogP contribution in [0.15, 0.2) is 9.22 Å². The average Bonchev–Trinajstić information content (AvgIpc) is 2.47. The number of rotatable bonds is 1. The van der Waals surface area contributed by atoms with Crippen molar-refractivity contribution in [2.24, 2.45) is 0 Å². The molecule has 1 aromatic rings. The lowest BCUT2D eigenvalue weighted by Gasteiger charge is -2.19. The first-order valence-corrected chi connectivity index (χ1v) is 6.36. The minimum absolute atomic E-state index is 0.559. The fourth-order valence-corrected chi connectivity index (χ4v) is 3.43. The topological polar surface area (TPSA) is 26.0 Å². The molecule has 1 saturated heterocycles. The summed E-state index contributed by atoms with van der Waals surface area (Å²) in [6.45, 7) is 1.99. The molecule has 1 aliphatic rings. The van der Waals surface area contributed by atoms with Crippen molar-refractivity contribution in [2.45, 2.75) is 31.4 Å². The van der Waals surface area contributed by atoms with Crippen molar-refractivity contribution in [2.75, 3.05) is 5.75 Å². The van der Waals surface area contributed by atoms with Gasteiger partial charge in [0.1, 0.15) is 5.76 Å². The minimum atomic E-state index is 0.559. The lowest BCUT2D eigenvalue weighted by atomic mass is 10.1. The third-order valence-electron chi connectivity index (χ3n) is 2.29. The van der Waals surface area contributed by atoms with Crippen LogP contribution < -0.4 is 0 Å². The van der Waals surface area contributed by atoms with E-state index in [0.717, 1.165) is 11.5 Å². The van der Waals surface area contributed by atoms with Gasteiger partial charge < -0.3 is 4.42 Å². The Labute approximate surface area is 90.6 Å². The summed E-state index contributed by atoms with van der Waals surface area (Å²) in [7, 11) is 0. The number of aryl methyl sites for hydroxylation is 1. The van der Waals surface area contributed by atoms with Crippen molar-refractivity contribution in [3.8, 4) is 0 Å². The molecule has 0 aliphatic carbocycles. The zero-order valence-corrected chi connectivity index (χ0v) is 9.95. The molecule has 1 aliphatic heterocycles. The van der Waals surface area contributed by atoms with Gasteiger partial charge in [0.05, 0.1) is 10.9 Å². The van der Waals surface area contributed by atoms with Gasteiger partial charge in [-0.05, 0) is 25.5 Å². The molecular weight excluding hydrogens is 250 g/mol. The Kier molecular flexibility index (Phi) is 2.99. The van der Waals surface area contributed by atoms with Gasteiger partial charge in [-0.15, -0.1) is 0 Å². The third kappa shape index (κ3) is 2.10. The van der Waals surface area contributed by atoms with Crippen LogP contribution in [0.5, 0.6) is 0 Å². The molecule has 0 spiro atoms. The monoisotopic (exact) mass is 261 g/mol. The van der Waals surface area contributed by atoms with Crippen LogP contribution in [-0.2, 0) is 0 Å². The van der Waals surface area contributed by atoms with E-state index >= 15 is 0 Å². The molecule has 1 aromatic heterocycles. The molecule has 0 radical (unpaired) electrons. The maximum atomic E-state index is 5.36. The molecule has 13 heavy (non-hydrogen) atoms. The first-order valence-electron chi connectivity index (χ1n) is 4.52. The van der Waals surface area contributed by atoms with Gasteiger partial charge in [-0.2, -0.15) is 11.8 Å². The van der Waals surface area contributed by atoms with Gasteiger partial charge >= 0.3 is 0 Å². The number of oxazole rings is 1. The molecule has 4 heteroatoms. The van der Waals surface area contributed by atoms with Gasteiger partial charge in [-0.25, -0.2) is 4.98 Å². The number of nitrogens with zero attached hydrogens (tertiary/aromatic N) is 1. The molecule has 2 nitrogen and oxygen atoms in total. The molecule has 0 N–H and O–H groups in total. The summed E-state index contributed by atoms with van der Waals surface area (Å²) >= 11 is 5.26. The van der Waals surface area contributed by atoms with Crippen LogP contribution in [0.3, 0.4) is 0 Å². The Bertz CT molecular complexity index is 294. The maximum Gasteiger partial charge on any atom is 0.264 e. The second-order valence-electron chi connectivity index (χ2n) is 3.26. The average molecular weight is 262 g/mol. The predicted molar refractivity (Wildman–Crippen MR) is 58.0 cm³/mol. The quantitative estimate of drug-likeness (QED) is 0.771. The van der Waals surface area contributed by atoms with Crippen molar-refractivity contribution in [1.29, 1.82) is 0 Å². The van der Waals surface area contributed by atoms with E-state index in [1.807, 2.05) is 18.7 Å². The number of thioether (sulfide) groups is 1. The minimum Gasteiger partial charge on any atom is -0.436 e. The summed E-state index contributed by atoms with van der Waals surface area (Å²) in [5.41, 5.74) is 1.14. The van der Waals surface area contributed by atoms with Gasteiger partial charge in [-0.1, -0.05) is 6.42 Å². The summed E-state index contributed by atoms with van der Waals surface area (Å²) in [5.74, 6) is 2.22. The van der Waals surface area contributed by atoms with Gasteiger partial charge in [-0.3, -0.25) is 0 Å². The highest BCUT2D eigenvalue weighted by Crippen LogP contribution is 2.39. The third-order valence-corrected chi connectivity index (χ3v) is 4.02. The van der Waals surface area contributed by atoms with Gasteiger partial charge in [0.2, 0.25) is 0 Å². The first kappa shape index (κ1) is 9.59. The van der Waals surface area contributed by atoms with E-state index in [1.165, 1.54) is 25.0 Å². The molecule has 2 rings (SSSR count). The fraction of sp³-hybridized carbons (Fsp3) is 0.667. The van der Waals surface area contributed by atoms with E-state index in [1.54, 1.807) is 0 Å². The zero-order valence-electron chi connectivity index (χ0n) is 7.55. The van der Waals surface area contributed by atoms with Crippen LogP contribution in [0.2, 0.25) is 0 Å². The Morgan fingerprint density at radius 2 is 2.38 bits per heavy atom. The largest absolute Gasteiger partial charge is 0.436 e. The summed E-state index contributed by atoms with van der Waals surface area (Å²) < 4.78 is 5.36. The van der Waals surface area contributed by atoms with Crippen molar-refractivity contribution in [3.05, 3.63) is 16.3 Å². The summed E-state index contributed by atoms with van der Waals surface area (Å²) in [6.07, 6.45) is 3.91. The van der Waals surface area contributed by atoms with Crippen LogP contribution in [0, 0.1) is 6.92 Å². The molecule has 72 valence electrons. The van der Waals surface area contributed by atoms with E-state index in [4.69, 9.17) is 4.42 Å². The standard InChI is InChI=1S/C9H12BrNOS/c1-6-8(11-9(10)12-6)7-4-2-3-5-13-7/h7H,2-5H2,1H3. The Hall–Kier alpha value is 0.0400. The van der Waals surface area contributed by atoms with Crippen LogP contribution >= 0.6 is 27.7 Å². The molecule has 1 atom stereocenters. The van der Waals surface area contributed by atoms with Crippen molar-refractivity contribution < 1.29 is 4.42 Å². The van der Waals surface area contributed by atoms with E-state index in [9.17, 15) is 0 Å². The highest BCUT2D eigenvalue weighted by molar-refractivity contribution is 9.10. The fourth-order valence-electron chi connectivity index (χ4n) is 1.63. The summed E-state index contributed by atoms with van der Waals surface area (Å²) in [5, 5.41) is 0.559. The van der Waals surface area contributed by atoms with E-state index < -0.39 is 0 Å². The Balaban J connectivity index is 2.18. The van der Waals surface area contributed by atoms with Crippen LogP contribution in [0.4, 0.5) is 0 Å². The lowest BCUT2D eigenvalue weighted by molar-refractivity contribution is 0.497. The van der Waals surface area contributed by atoms with Crippen molar-refractivity contribution >= 4 is 27.7 Å². The van der Waals surface area contributed by atoms with Gasteiger partial charge in [0, 0.05) is 15.9 Å². The summed E-state index contributed by atoms with van der Waals surface area (Å²) in [6, 6.07) is 0. The SMILES string of the molecule is Cc1oc(Br)nc1C1CCCCS1. The maximum absolute atomic E-state index is 5.36. The number of aromatic nitrogens is 1.